The summed E-state index contributed by atoms with van der Waals surface area (Å²) in [6, 6.07) is 10.2. The summed E-state index contributed by atoms with van der Waals surface area (Å²) in [4.78, 5) is 4.31. The molecule has 2 rings (SSSR count). The van der Waals surface area contributed by atoms with Crippen molar-refractivity contribution in [3.05, 3.63) is 63.9 Å². The molecule has 0 amide bonds. The number of aromatic nitrogens is 1. The van der Waals surface area contributed by atoms with Crippen molar-refractivity contribution in [2.75, 3.05) is 0 Å². The first-order chi connectivity index (χ1) is 5.92. The summed E-state index contributed by atoms with van der Waals surface area (Å²) < 4.78 is 0. The van der Waals surface area contributed by atoms with Crippen LogP contribution in [0.1, 0.15) is 5.56 Å². The zero-order valence-electron chi connectivity index (χ0n) is 9.14. The minimum Gasteiger partial charge on any atom is -0.358 e. The topological polar surface area (TPSA) is 12.9 Å². The molecule has 2 heteroatoms. The number of benzene rings is 1. The molecular weight excluding hydrogens is 277 g/mol. The number of hydrogen-bond donors (Lipinski definition) is 0. The van der Waals surface area contributed by atoms with Crippen LogP contribution < -0.4 is 0 Å². The van der Waals surface area contributed by atoms with Crippen LogP contribution >= 0.6 is 0 Å². The standard InChI is InChI=1S/C11H10N.2CH3.Pd/c1-2-9-5-3-6-10-7-4-8-12-11(9)10;;;/h3-8H,1-2H2;2*1H3;/q3*-1;. The Bertz CT molecular complexity index is 393. The summed E-state index contributed by atoms with van der Waals surface area (Å²) in [6.45, 7) is 3.87. The van der Waals surface area contributed by atoms with E-state index in [0.717, 1.165) is 11.9 Å². The molecule has 1 nitrogen and oxygen atoms in total. The third-order valence-electron chi connectivity index (χ3n) is 1.99. The van der Waals surface area contributed by atoms with Gasteiger partial charge in [0.05, 0.1) is 5.52 Å². The maximum atomic E-state index is 4.31. The van der Waals surface area contributed by atoms with Gasteiger partial charge in [-0.05, 0) is 6.07 Å². The van der Waals surface area contributed by atoms with E-state index in [1.165, 1.54) is 10.9 Å². The van der Waals surface area contributed by atoms with Crippen molar-refractivity contribution in [1.82, 2.24) is 4.98 Å². The molecule has 0 saturated carbocycles. The minimum absolute atomic E-state index is 0. The van der Waals surface area contributed by atoms with Gasteiger partial charge in [-0.3, -0.25) is 4.98 Å². The Morgan fingerprint density at radius 2 is 1.73 bits per heavy atom. The average Bonchev–Trinajstić information content (AvgIpc) is 2.17. The average molecular weight is 293 g/mol. The summed E-state index contributed by atoms with van der Waals surface area (Å²) in [5, 5.41) is 1.19. The van der Waals surface area contributed by atoms with Crippen LogP contribution in [0.25, 0.3) is 10.9 Å². The van der Waals surface area contributed by atoms with Crippen molar-refractivity contribution >= 4 is 10.9 Å². The van der Waals surface area contributed by atoms with E-state index in [0.29, 0.717) is 0 Å². The van der Waals surface area contributed by atoms with E-state index < -0.39 is 0 Å². The van der Waals surface area contributed by atoms with Crippen LogP contribution in [0.15, 0.2) is 36.5 Å². The number of para-hydroxylation sites is 1. The van der Waals surface area contributed by atoms with Crippen molar-refractivity contribution < 1.29 is 20.4 Å². The van der Waals surface area contributed by atoms with E-state index in [9.17, 15) is 0 Å². The van der Waals surface area contributed by atoms with E-state index >= 15 is 0 Å². The minimum atomic E-state index is 0. The molecule has 0 atom stereocenters. The fourth-order valence-corrected chi connectivity index (χ4v) is 1.37. The van der Waals surface area contributed by atoms with Crippen LogP contribution in [0.5, 0.6) is 0 Å². The fourth-order valence-electron chi connectivity index (χ4n) is 1.37. The van der Waals surface area contributed by atoms with Crippen molar-refractivity contribution in [1.29, 1.82) is 0 Å². The first-order valence-electron chi connectivity index (χ1n) is 4.03. The van der Waals surface area contributed by atoms with Gasteiger partial charge in [0.15, 0.2) is 0 Å². The van der Waals surface area contributed by atoms with Crippen LogP contribution in [0.3, 0.4) is 0 Å². The Balaban J connectivity index is 0. The maximum Gasteiger partial charge on any atom is 0.0707 e. The molecule has 0 fully saturated rings. The Morgan fingerprint density at radius 1 is 1.07 bits per heavy atom. The van der Waals surface area contributed by atoms with Gasteiger partial charge in [0.1, 0.15) is 0 Å². The van der Waals surface area contributed by atoms with Gasteiger partial charge >= 0.3 is 0 Å². The molecule has 0 spiro atoms. The van der Waals surface area contributed by atoms with Crippen LogP contribution in [-0.2, 0) is 26.8 Å². The summed E-state index contributed by atoms with van der Waals surface area (Å²) in [5.41, 5.74) is 2.29. The SMILES string of the molecule is [CH2-]Cc1cccc2cccnc12.[CH3-].[CH3-].[Pd]. The first kappa shape index (κ1) is 16.7. The molecule has 86 valence electrons. The van der Waals surface area contributed by atoms with Crippen LogP contribution in [0.4, 0.5) is 0 Å². The molecule has 0 aliphatic carbocycles. The van der Waals surface area contributed by atoms with Crippen molar-refractivity contribution in [2.24, 2.45) is 0 Å². The third-order valence-corrected chi connectivity index (χ3v) is 1.99. The molecule has 0 unspecified atom stereocenters. The molecule has 15 heavy (non-hydrogen) atoms. The molecule has 2 aromatic rings. The van der Waals surface area contributed by atoms with E-state index in [2.05, 4.69) is 30.1 Å². The van der Waals surface area contributed by atoms with Crippen molar-refractivity contribution in [3.63, 3.8) is 0 Å². The fraction of sp³-hybridized carbons (Fsp3) is 0.0769. The zero-order valence-corrected chi connectivity index (χ0v) is 10.7. The van der Waals surface area contributed by atoms with E-state index in [-0.39, 0.29) is 35.3 Å². The zero-order chi connectivity index (χ0) is 8.39. The molecule has 0 radical (unpaired) electrons. The van der Waals surface area contributed by atoms with Gasteiger partial charge in [-0.1, -0.05) is 29.8 Å². The van der Waals surface area contributed by atoms with Crippen molar-refractivity contribution in [2.45, 2.75) is 6.42 Å². The van der Waals surface area contributed by atoms with Gasteiger partial charge in [0.2, 0.25) is 0 Å². The van der Waals surface area contributed by atoms with E-state index in [1.807, 2.05) is 18.3 Å². The first-order valence-corrected chi connectivity index (χ1v) is 4.03. The maximum absolute atomic E-state index is 4.31. The number of nitrogens with zero attached hydrogens (tertiary/aromatic N) is 1. The number of hydrogen-bond acceptors (Lipinski definition) is 1. The predicted molar refractivity (Wildman–Crippen MR) is 63.6 cm³/mol. The van der Waals surface area contributed by atoms with Crippen LogP contribution in [0, 0.1) is 21.8 Å². The quantitative estimate of drug-likeness (QED) is 0.579. The number of pyridine rings is 1. The molecule has 1 heterocycles. The van der Waals surface area contributed by atoms with Crippen molar-refractivity contribution in [3.8, 4) is 0 Å². The molecule has 1 aromatic carbocycles. The third kappa shape index (κ3) is 3.41. The number of fused-ring (bicyclic) bond motifs is 1. The monoisotopic (exact) mass is 292 g/mol. The Morgan fingerprint density at radius 3 is 2.40 bits per heavy atom. The molecule has 1 aromatic heterocycles. The van der Waals surface area contributed by atoms with Crippen LogP contribution in [0.2, 0.25) is 0 Å². The normalized spacial score (nSPS) is 8.33. The summed E-state index contributed by atoms with van der Waals surface area (Å²) in [6.07, 6.45) is 2.62. The van der Waals surface area contributed by atoms with Gasteiger partial charge in [-0.2, -0.15) is 6.42 Å². The number of rotatable bonds is 1. The summed E-state index contributed by atoms with van der Waals surface area (Å²) >= 11 is 0. The molecular formula is C13H16NPd-3. The van der Waals surface area contributed by atoms with Gasteiger partial charge in [-0.25, -0.2) is 0 Å². The summed E-state index contributed by atoms with van der Waals surface area (Å²) in [7, 11) is 0. The summed E-state index contributed by atoms with van der Waals surface area (Å²) in [5.74, 6) is 0. The Labute approximate surface area is 107 Å². The van der Waals surface area contributed by atoms with Gasteiger partial charge in [0, 0.05) is 32.0 Å². The largest absolute Gasteiger partial charge is 0.358 e. The molecule has 0 bridgehead atoms. The second kappa shape index (κ2) is 7.57. The Hall–Kier alpha value is -0.708. The second-order valence-electron chi connectivity index (χ2n) is 2.74. The molecule has 0 aliphatic rings. The molecule has 0 N–H and O–H groups in total. The van der Waals surface area contributed by atoms with Gasteiger partial charge in [0.25, 0.3) is 0 Å². The molecule has 0 saturated heterocycles. The van der Waals surface area contributed by atoms with Gasteiger partial charge in [-0.15, -0.1) is 0 Å². The van der Waals surface area contributed by atoms with E-state index in [4.69, 9.17) is 0 Å². The van der Waals surface area contributed by atoms with Gasteiger partial charge < -0.3 is 21.8 Å². The van der Waals surface area contributed by atoms with E-state index in [1.54, 1.807) is 0 Å². The Kier molecular flexibility index (Phi) is 8.43. The smallest absolute Gasteiger partial charge is 0.0707 e. The molecule has 0 aliphatic heterocycles. The van der Waals surface area contributed by atoms with Crippen LogP contribution in [-0.4, -0.2) is 4.98 Å². The predicted octanol–water partition coefficient (Wildman–Crippen LogP) is 3.51. The second-order valence-corrected chi connectivity index (χ2v) is 2.74.